The second-order valence-corrected chi connectivity index (χ2v) is 10.8. The van der Waals surface area contributed by atoms with Gasteiger partial charge in [-0.3, -0.25) is 4.79 Å². The monoisotopic (exact) mass is 501 g/mol. The van der Waals surface area contributed by atoms with Gasteiger partial charge in [0.1, 0.15) is 11.6 Å². The normalized spacial score (nSPS) is 16.0. The van der Waals surface area contributed by atoms with Crippen LogP contribution in [-0.2, 0) is 10.0 Å². The van der Waals surface area contributed by atoms with Crippen LogP contribution in [0.1, 0.15) is 45.9 Å². The van der Waals surface area contributed by atoms with Crippen molar-refractivity contribution < 1.29 is 17.6 Å². The molecule has 0 radical (unpaired) electrons. The maximum absolute atomic E-state index is 14.7. The summed E-state index contributed by atoms with van der Waals surface area (Å²) in [5, 5.41) is 0.454. The number of nitrogens with one attached hydrogen (secondary N) is 1. The molecule has 2 aromatic carbocycles. The number of pyridine rings is 1. The molecule has 9 heteroatoms. The Bertz CT molecular complexity index is 1360. The van der Waals surface area contributed by atoms with Crippen molar-refractivity contribution >= 4 is 33.3 Å². The van der Waals surface area contributed by atoms with Gasteiger partial charge in [-0.25, -0.2) is 22.5 Å². The minimum atomic E-state index is -3.81. The second-order valence-electron chi connectivity index (χ2n) is 8.64. The van der Waals surface area contributed by atoms with Gasteiger partial charge in [0.05, 0.1) is 22.9 Å². The lowest BCUT2D eigenvalue weighted by Crippen LogP contribution is -2.30. The predicted octanol–water partition coefficient (Wildman–Crippen LogP) is 5.19. The van der Waals surface area contributed by atoms with E-state index in [1.165, 1.54) is 23.3 Å². The summed E-state index contributed by atoms with van der Waals surface area (Å²) in [5.41, 5.74) is 3.78. The van der Waals surface area contributed by atoms with Crippen LogP contribution < -0.4 is 9.62 Å². The number of benzene rings is 2. The fourth-order valence-electron chi connectivity index (χ4n) is 4.33. The van der Waals surface area contributed by atoms with Crippen molar-refractivity contribution in [2.24, 2.45) is 0 Å². The Labute approximate surface area is 203 Å². The fraction of sp³-hybridized carbons (Fsp3) is 0.280. The number of carbonyl (C=O) groups is 1. The zero-order chi connectivity index (χ0) is 24.6. The second kappa shape index (κ2) is 9.35. The molecule has 1 atom stereocenters. The smallest absolute Gasteiger partial charge is 0.267 e. The first-order valence-electron chi connectivity index (χ1n) is 10.8. The highest BCUT2D eigenvalue weighted by Crippen LogP contribution is 2.39. The number of nitrogens with zero attached hydrogens (tertiary/aromatic N) is 2. The topological polar surface area (TPSA) is 79.4 Å². The van der Waals surface area contributed by atoms with Gasteiger partial charge in [-0.05, 0) is 61.6 Å². The van der Waals surface area contributed by atoms with Gasteiger partial charge in [-0.2, -0.15) is 0 Å². The molecule has 1 aromatic heterocycles. The van der Waals surface area contributed by atoms with Gasteiger partial charge in [0, 0.05) is 18.3 Å². The number of aryl methyl sites for hydroxylation is 2. The largest absolute Gasteiger partial charge is 0.348 e. The molecule has 1 saturated heterocycles. The van der Waals surface area contributed by atoms with Crippen molar-refractivity contribution in [3.05, 3.63) is 81.8 Å². The van der Waals surface area contributed by atoms with E-state index in [1.54, 1.807) is 23.9 Å². The van der Waals surface area contributed by atoms with E-state index >= 15 is 0 Å². The molecular weight excluding hydrogens is 477 g/mol. The van der Waals surface area contributed by atoms with Crippen LogP contribution in [0, 0.1) is 19.7 Å². The highest BCUT2D eigenvalue weighted by molar-refractivity contribution is 7.89. The van der Waals surface area contributed by atoms with Crippen LogP contribution in [0.25, 0.3) is 11.1 Å². The predicted molar refractivity (Wildman–Crippen MR) is 132 cm³/mol. The Morgan fingerprint density at radius 2 is 1.88 bits per heavy atom. The molecular formula is C25H25ClFN3O3S. The number of hydrogen-bond acceptors (Lipinski definition) is 5. The summed E-state index contributed by atoms with van der Waals surface area (Å²) in [5.74, 6) is -1.17. The number of halogens is 2. The highest BCUT2D eigenvalue weighted by atomic mass is 35.5. The molecule has 6 nitrogen and oxygen atoms in total. The van der Waals surface area contributed by atoms with Crippen LogP contribution >= 0.6 is 11.6 Å². The molecule has 2 heterocycles. The van der Waals surface area contributed by atoms with E-state index in [4.69, 9.17) is 11.6 Å². The van der Waals surface area contributed by atoms with Gasteiger partial charge < -0.3 is 4.90 Å². The number of carbonyl (C=O) groups excluding carboxylic acids is 1. The molecule has 0 spiro atoms. The summed E-state index contributed by atoms with van der Waals surface area (Å²) in [6, 6.07) is 12.9. The van der Waals surface area contributed by atoms with E-state index in [1.807, 2.05) is 0 Å². The minimum absolute atomic E-state index is 0.184. The molecule has 34 heavy (non-hydrogen) atoms. The number of amides is 1. The van der Waals surface area contributed by atoms with Crippen molar-refractivity contribution in [2.45, 2.75) is 32.7 Å². The summed E-state index contributed by atoms with van der Waals surface area (Å²) >= 11 is 6.66. The average molecular weight is 502 g/mol. The molecule has 0 bridgehead atoms. The van der Waals surface area contributed by atoms with E-state index in [2.05, 4.69) is 41.1 Å². The molecule has 1 fully saturated rings. The Hall–Kier alpha value is -2.97. The maximum atomic E-state index is 14.7. The third-order valence-electron chi connectivity index (χ3n) is 5.96. The van der Waals surface area contributed by atoms with Gasteiger partial charge in [-0.1, -0.05) is 41.4 Å². The molecule has 4 rings (SSSR count). The number of aromatic nitrogens is 1. The lowest BCUT2D eigenvalue weighted by Gasteiger charge is -2.27. The van der Waals surface area contributed by atoms with Gasteiger partial charge in [0.15, 0.2) is 0 Å². The average Bonchev–Trinajstić information content (AvgIpc) is 3.23. The Morgan fingerprint density at radius 3 is 2.53 bits per heavy atom. The summed E-state index contributed by atoms with van der Waals surface area (Å²) in [4.78, 5) is 18.9. The van der Waals surface area contributed by atoms with Crippen molar-refractivity contribution in [1.82, 2.24) is 9.71 Å². The van der Waals surface area contributed by atoms with E-state index < -0.39 is 21.7 Å². The van der Waals surface area contributed by atoms with Crippen molar-refractivity contribution in [3.63, 3.8) is 0 Å². The van der Waals surface area contributed by atoms with Crippen molar-refractivity contribution in [1.29, 1.82) is 0 Å². The van der Waals surface area contributed by atoms with Gasteiger partial charge in [0.25, 0.3) is 5.91 Å². The zero-order valence-electron chi connectivity index (χ0n) is 19.1. The first-order chi connectivity index (χ1) is 16.0. The van der Waals surface area contributed by atoms with Crippen LogP contribution in [0.4, 0.5) is 10.2 Å². The summed E-state index contributed by atoms with van der Waals surface area (Å²) in [6.07, 6.45) is 4.51. The molecule has 3 aromatic rings. The molecule has 0 aliphatic carbocycles. The van der Waals surface area contributed by atoms with E-state index in [-0.39, 0.29) is 11.6 Å². The van der Waals surface area contributed by atoms with Crippen molar-refractivity contribution in [2.75, 3.05) is 17.7 Å². The molecule has 178 valence electrons. The fourth-order valence-corrected chi connectivity index (χ4v) is 5.06. The minimum Gasteiger partial charge on any atom is -0.348 e. The van der Waals surface area contributed by atoms with E-state index in [0.29, 0.717) is 27.5 Å². The van der Waals surface area contributed by atoms with Crippen LogP contribution in [0.2, 0.25) is 5.02 Å². The van der Waals surface area contributed by atoms with E-state index in [9.17, 15) is 17.6 Å². The first-order valence-corrected chi connectivity index (χ1v) is 13.1. The number of anilines is 1. The summed E-state index contributed by atoms with van der Waals surface area (Å²) < 4.78 is 39.2. The van der Waals surface area contributed by atoms with Crippen LogP contribution in [0.5, 0.6) is 0 Å². The molecule has 0 saturated carbocycles. The number of hydrogen-bond donors (Lipinski definition) is 1. The van der Waals surface area contributed by atoms with E-state index in [0.717, 1.165) is 25.6 Å². The SMILES string of the molecule is Cc1ccc([C@@H]2CCCN2c2ncc(-c3cc(F)c(C(=O)NS(C)(=O)=O)cc3C)cc2Cl)cc1. The molecule has 1 aliphatic heterocycles. The lowest BCUT2D eigenvalue weighted by molar-refractivity contribution is 0.0977. The Morgan fingerprint density at radius 1 is 1.18 bits per heavy atom. The third-order valence-corrected chi connectivity index (χ3v) is 6.79. The quantitative estimate of drug-likeness (QED) is 0.520. The van der Waals surface area contributed by atoms with Gasteiger partial charge in [0.2, 0.25) is 10.0 Å². The summed E-state index contributed by atoms with van der Waals surface area (Å²) in [7, 11) is -3.81. The number of rotatable bonds is 5. The van der Waals surface area contributed by atoms with Gasteiger partial charge >= 0.3 is 0 Å². The Kier molecular flexibility index (Phi) is 6.64. The first kappa shape index (κ1) is 24.2. The van der Waals surface area contributed by atoms with Crippen LogP contribution in [0.15, 0.2) is 48.7 Å². The molecule has 1 N–H and O–H groups in total. The van der Waals surface area contributed by atoms with Crippen LogP contribution in [0.3, 0.4) is 0 Å². The molecule has 1 amide bonds. The highest BCUT2D eigenvalue weighted by Gasteiger charge is 2.29. The molecule has 0 unspecified atom stereocenters. The standard InChI is InChI=1S/C25H25ClFN3O3S/c1-15-6-8-17(9-7-15)23-5-4-10-30(23)24-21(26)12-18(14-28-24)19-13-22(27)20(11-16(19)2)25(31)29-34(3,32)33/h6-9,11-14,23H,4-5,10H2,1-3H3,(H,29,31)/t23-/m0/s1. The Balaban J connectivity index is 1.64. The number of sulfonamides is 1. The van der Waals surface area contributed by atoms with Crippen LogP contribution in [-0.4, -0.2) is 32.1 Å². The lowest BCUT2D eigenvalue weighted by atomic mass is 9.98. The van der Waals surface area contributed by atoms with Gasteiger partial charge in [-0.15, -0.1) is 0 Å². The maximum Gasteiger partial charge on any atom is 0.267 e. The zero-order valence-corrected chi connectivity index (χ0v) is 20.7. The van der Waals surface area contributed by atoms with Crippen molar-refractivity contribution in [3.8, 4) is 11.1 Å². The summed E-state index contributed by atoms with van der Waals surface area (Å²) in [6.45, 7) is 4.60. The third kappa shape index (κ3) is 5.08. The molecule has 1 aliphatic rings.